The van der Waals surface area contributed by atoms with Crippen LogP contribution in [-0.2, 0) is 12.5 Å². The molecule has 5 nitrogen and oxygen atoms in total. The van der Waals surface area contributed by atoms with E-state index in [1.54, 1.807) is 0 Å². The standard InChI is InChI=1S/C17H12F6N4O/c1-9-6-13(16(19,20)17(21,22)23)27-14(25-9)7-12(26-27)15(28)24-8-10-2-4-11(18)5-3-10/h2-7H,8H2,1H3,(H,24,28). The SMILES string of the molecule is Cc1cc(C(F)(F)C(F)(F)F)n2nc(C(=O)NCc3ccc(F)cc3)cc2n1. The summed E-state index contributed by atoms with van der Waals surface area (Å²) in [5, 5.41) is 5.99. The van der Waals surface area contributed by atoms with E-state index >= 15 is 0 Å². The number of alkyl halides is 5. The van der Waals surface area contributed by atoms with Gasteiger partial charge in [-0.2, -0.15) is 27.1 Å². The topological polar surface area (TPSA) is 59.3 Å². The molecule has 0 bridgehead atoms. The van der Waals surface area contributed by atoms with Crippen molar-refractivity contribution in [3.8, 4) is 0 Å². The second-order valence-electron chi connectivity index (χ2n) is 5.96. The Balaban J connectivity index is 1.92. The van der Waals surface area contributed by atoms with Gasteiger partial charge in [0.1, 0.15) is 11.5 Å². The molecule has 1 N–H and O–H groups in total. The maximum Gasteiger partial charge on any atom is 0.459 e. The Morgan fingerprint density at radius 3 is 2.36 bits per heavy atom. The van der Waals surface area contributed by atoms with Crippen LogP contribution in [-0.4, -0.2) is 26.7 Å². The Kier molecular flexibility index (Phi) is 4.77. The molecule has 3 rings (SSSR count). The Bertz CT molecular complexity index is 1030. The number of carbonyl (C=O) groups excluding carboxylic acids is 1. The molecule has 0 saturated heterocycles. The largest absolute Gasteiger partial charge is 0.459 e. The molecule has 1 aromatic carbocycles. The fourth-order valence-corrected chi connectivity index (χ4v) is 2.46. The fourth-order valence-electron chi connectivity index (χ4n) is 2.46. The summed E-state index contributed by atoms with van der Waals surface area (Å²) in [5.74, 6) is -6.46. The third-order valence-electron chi connectivity index (χ3n) is 3.83. The molecule has 0 aliphatic heterocycles. The van der Waals surface area contributed by atoms with Gasteiger partial charge in [0.05, 0.1) is 0 Å². The number of benzene rings is 1. The van der Waals surface area contributed by atoms with Crippen LogP contribution in [0.1, 0.15) is 27.4 Å². The van der Waals surface area contributed by atoms with Crippen molar-refractivity contribution in [2.24, 2.45) is 0 Å². The van der Waals surface area contributed by atoms with Crippen LogP contribution in [0.5, 0.6) is 0 Å². The molecule has 148 valence electrons. The molecule has 3 aromatic rings. The average molecular weight is 402 g/mol. The zero-order valence-electron chi connectivity index (χ0n) is 14.2. The molecule has 0 aliphatic carbocycles. The van der Waals surface area contributed by atoms with Gasteiger partial charge in [0.2, 0.25) is 0 Å². The van der Waals surface area contributed by atoms with E-state index in [0.717, 1.165) is 6.07 Å². The molecule has 28 heavy (non-hydrogen) atoms. The molecular weight excluding hydrogens is 390 g/mol. The van der Waals surface area contributed by atoms with Crippen molar-refractivity contribution in [1.29, 1.82) is 0 Å². The third kappa shape index (κ3) is 3.64. The summed E-state index contributed by atoms with van der Waals surface area (Å²) >= 11 is 0. The number of fused-ring (bicyclic) bond motifs is 1. The highest BCUT2D eigenvalue weighted by molar-refractivity contribution is 5.93. The highest BCUT2D eigenvalue weighted by Gasteiger charge is 2.60. The first-order chi connectivity index (χ1) is 13.0. The lowest BCUT2D eigenvalue weighted by molar-refractivity contribution is -0.291. The van der Waals surface area contributed by atoms with Crippen LogP contribution in [0.25, 0.3) is 5.65 Å². The Hall–Kier alpha value is -3.11. The zero-order valence-corrected chi connectivity index (χ0v) is 14.2. The molecule has 0 saturated carbocycles. The molecule has 0 radical (unpaired) electrons. The highest BCUT2D eigenvalue weighted by atomic mass is 19.4. The van der Waals surface area contributed by atoms with E-state index in [4.69, 9.17) is 0 Å². The van der Waals surface area contributed by atoms with Crippen LogP contribution >= 0.6 is 0 Å². The number of nitrogens with zero attached hydrogens (tertiary/aromatic N) is 3. The Morgan fingerprint density at radius 2 is 1.75 bits per heavy atom. The van der Waals surface area contributed by atoms with Gasteiger partial charge < -0.3 is 5.32 Å². The second kappa shape index (κ2) is 6.80. The minimum atomic E-state index is -5.84. The molecule has 0 aliphatic rings. The van der Waals surface area contributed by atoms with E-state index in [1.165, 1.54) is 31.2 Å². The van der Waals surface area contributed by atoms with Crippen molar-refractivity contribution < 1.29 is 31.1 Å². The first-order valence-electron chi connectivity index (χ1n) is 7.84. The van der Waals surface area contributed by atoms with Crippen molar-refractivity contribution in [3.05, 3.63) is 64.9 Å². The van der Waals surface area contributed by atoms with Gasteiger partial charge in [-0.25, -0.2) is 13.9 Å². The average Bonchev–Trinajstić information content (AvgIpc) is 3.03. The summed E-state index contributed by atoms with van der Waals surface area (Å²) in [6.07, 6.45) is -5.84. The number of rotatable bonds is 4. The Labute approximate surface area is 154 Å². The molecule has 11 heteroatoms. The lowest BCUT2D eigenvalue weighted by Gasteiger charge is -2.20. The van der Waals surface area contributed by atoms with Gasteiger partial charge in [0, 0.05) is 18.3 Å². The predicted molar refractivity (Wildman–Crippen MR) is 85.2 cm³/mol. The maximum atomic E-state index is 13.8. The number of aromatic nitrogens is 3. The van der Waals surface area contributed by atoms with Crippen molar-refractivity contribution in [2.45, 2.75) is 25.6 Å². The van der Waals surface area contributed by atoms with Crippen molar-refractivity contribution >= 4 is 11.6 Å². The maximum absolute atomic E-state index is 13.8. The highest BCUT2D eigenvalue weighted by Crippen LogP contribution is 2.43. The summed E-state index contributed by atoms with van der Waals surface area (Å²) in [7, 11) is 0. The predicted octanol–water partition coefficient (Wildman–Crippen LogP) is 3.76. The van der Waals surface area contributed by atoms with Gasteiger partial charge >= 0.3 is 12.1 Å². The van der Waals surface area contributed by atoms with Crippen molar-refractivity contribution in [3.63, 3.8) is 0 Å². The number of carbonyl (C=O) groups is 1. The van der Waals surface area contributed by atoms with Crippen molar-refractivity contribution in [2.75, 3.05) is 0 Å². The van der Waals surface area contributed by atoms with Gasteiger partial charge in [-0.3, -0.25) is 4.79 Å². The number of nitrogens with one attached hydrogen (secondary N) is 1. The van der Waals surface area contributed by atoms with Crippen LogP contribution in [0.4, 0.5) is 26.3 Å². The molecule has 2 heterocycles. The number of hydrogen-bond acceptors (Lipinski definition) is 3. The summed E-state index contributed by atoms with van der Waals surface area (Å²) in [4.78, 5) is 16.0. The van der Waals surface area contributed by atoms with Gasteiger partial charge in [0.15, 0.2) is 11.3 Å². The Morgan fingerprint density at radius 1 is 1.11 bits per heavy atom. The summed E-state index contributed by atoms with van der Waals surface area (Å²) in [6, 6.07) is 6.78. The third-order valence-corrected chi connectivity index (χ3v) is 3.83. The lowest BCUT2D eigenvalue weighted by Crippen LogP contribution is -2.36. The van der Waals surface area contributed by atoms with Crippen molar-refractivity contribution in [1.82, 2.24) is 19.9 Å². The van der Waals surface area contributed by atoms with E-state index in [-0.39, 0.29) is 23.6 Å². The number of hydrogen-bond donors (Lipinski definition) is 1. The first kappa shape index (κ1) is 19.6. The van der Waals surface area contributed by atoms with E-state index in [2.05, 4.69) is 15.4 Å². The van der Waals surface area contributed by atoms with Crippen LogP contribution in [0.2, 0.25) is 0 Å². The molecule has 1 amide bonds. The van der Waals surface area contributed by atoms with Crippen LogP contribution in [0.3, 0.4) is 0 Å². The zero-order chi connectivity index (χ0) is 20.7. The molecule has 0 fully saturated rings. The molecule has 0 unspecified atom stereocenters. The quantitative estimate of drug-likeness (QED) is 0.676. The smallest absolute Gasteiger partial charge is 0.347 e. The van der Waals surface area contributed by atoms with Gasteiger partial charge in [-0.1, -0.05) is 12.1 Å². The van der Waals surface area contributed by atoms with Crippen LogP contribution in [0.15, 0.2) is 36.4 Å². The van der Waals surface area contributed by atoms with Gasteiger partial charge in [-0.05, 0) is 30.7 Å². The number of halogens is 6. The summed E-state index contributed by atoms with van der Waals surface area (Å²) in [6.45, 7) is 1.22. The van der Waals surface area contributed by atoms with Crippen LogP contribution < -0.4 is 5.32 Å². The first-order valence-corrected chi connectivity index (χ1v) is 7.84. The number of aryl methyl sites for hydroxylation is 1. The molecule has 0 spiro atoms. The minimum absolute atomic E-state index is 0.0228. The second-order valence-corrected chi connectivity index (χ2v) is 5.96. The van der Waals surface area contributed by atoms with Gasteiger partial charge in [-0.15, -0.1) is 0 Å². The molecular formula is C17H12F6N4O. The normalized spacial score (nSPS) is 12.4. The fraction of sp³-hybridized carbons (Fsp3) is 0.235. The van der Waals surface area contributed by atoms with E-state index in [9.17, 15) is 31.1 Å². The van der Waals surface area contributed by atoms with Crippen LogP contribution in [0, 0.1) is 12.7 Å². The lowest BCUT2D eigenvalue weighted by atomic mass is 10.2. The summed E-state index contributed by atoms with van der Waals surface area (Å²) < 4.78 is 79.1. The van der Waals surface area contributed by atoms with E-state index < -0.39 is 29.5 Å². The monoisotopic (exact) mass is 402 g/mol. The van der Waals surface area contributed by atoms with E-state index in [0.29, 0.717) is 16.1 Å². The van der Waals surface area contributed by atoms with E-state index in [1.807, 2.05) is 0 Å². The molecule has 2 aromatic heterocycles. The minimum Gasteiger partial charge on any atom is -0.347 e. The molecule has 0 atom stereocenters. The summed E-state index contributed by atoms with van der Waals surface area (Å²) in [5.41, 5.74) is -1.70. The van der Waals surface area contributed by atoms with Gasteiger partial charge in [0.25, 0.3) is 5.91 Å². The number of amides is 1.